The highest BCUT2D eigenvalue weighted by molar-refractivity contribution is 6.28. The fourth-order valence-electron chi connectivity index (χ4n) is 3.22. The Morgan fingerprint density at radius 3 is 2.85 bits per heavy atom. The van der Waals surface area contributed by atoms with E-state index >= 15 is 0 Å². The summed E-state index contributed by atoms with van der Waals surface area (Å²) < 4.78 is 0. The Morgan fingerprint density at radius 2 is 2.10 bits per heavy atom. The van der Waals surface area contributed by atoms with Gasteiger partial charge in [-0.15, -0.1) is 0 Å². The van der Waals surface area contributed by atoms with Gasteiger partial charge in [0.25, 0.3) is 0 Å². The van der Waals surface area contributed by atoms with Crippen molar-refractivity contribution in [2.45, 2.75) is 58.4 Å². The maximum absolute atomic E-state index is 12.3. The van der Waals surface area contributed by atoms with Gasteiger partial charge in [0, 0.05) is 12.0 Å². The number of rotatable bonds is 2. The van der Waals surface area contributed by atoms with Crippen molar-refractivity contribution in [2.24, 2.45) is 5.41 Å². The number of hydrogen-bond acceptors (Lipinski definition) is 4. The smallest absolute Gasteiger partial charge is 0.224 e. The van der Waals surface area contributed by atoms with Crippen LogP contribution in [0.3, 0.4) is 0 Å². The predicted octanol–water partition coefficient (Wildman–Crippen LogP) is 3.18. The molecule has 1 N–H and O–H groups in total. The summed E-state index contributed by atoms with van der Waals surface area (Å²) in [6, 6.07) is -0.126. The Hall–Kier alpha value is -1.16. The highest BCUT2D eigenvalue weighted by atomic mass is 35.5. The molecular weight excluding hydrogens is 274 g/mol. The molecule has 1 fully saturated rings. The third-order valence-electron chi connectivity index (χ3n) is 4.37. The molecule has 1 heterocycles. The number of ketones is 1. The zero-order chi connectivity index (χ0) is 14.3. The average molecular weight is 294 g/mol. The molecule has 2 aliphatic carbocycles. The molecule has 3 rings (SSSR count). The molecule has 108 valence electrons. The van der Waals surface area contributed by atoms with Gasteiger partial charge in [-0.05, 0) is 49.1 Å². The van der Waals surface area contributed by atoms with Gasteiger partial charge in [-0.25, -0.2) is 9.97 Å². The molecule has 0 bridgehead atoms. The van der Waals surface area contributed by atoms with Crippen LogP contribution in [0.25, 0.3) is 0 Å². The minimum atomic E-state index is -0.126. The Kier molecular flexibility index (Phi) is 3.44. The van der Waals surface area contributed by atoms with Gasteiger partial charge in [0.05, 0.1) is 11.7 Å². The number of hydrogen-bond donors (Lipinski definition) is 1. The Labute approximate surface area is 124 Å². The fourth-order valence-corrected chi connectivity index (χ4v) is 3.41. The Bertz CT molecular complexity index is 556. The standard InChI is InChI=1S/C15H20ClN3O/c1-15(2)7-6-11(12(20)8-15)17-13-9-4-3-5-10(9)18-14(16)19-13/h11H,3-8H2,1-2H3,(H,17,18,19)/t11-/m1/s1. The van der Waals surface area contributed by atoms with Crippen LogP contribution in [0.15, 0.2) is 0 Å². The van der Waals surface area contributed by atoms with Gasteiger partial charge in [0.1, 0.15) is 5.82 Å². The first kappa shape index (κ1) is 13.8. The summed E-state index contributed by atoms with van der Waals surface area (Å²) in [7, 11) is 0. The van der Waals surface area contributed by atoms with E-state index in [1.54, 1.807) is 0 Å². The summed E-state index contributed by atoms with van der Waals surface area (Å²) in [6.07, 6.45) is 5.56. The summed E-state index contributed by atoms with van der Waals surface area (Å²) in [5.74, 6) is 1.05. The van der Waals surface area contributed by atoms with Gasteiger partial charge in [-0.1, -0.05) is 13.8 Å². The van der Waals surface area contributed by atoms with Crippen molar-refractivity contribution in [1.29, 1.82) is 0 Å². The Balaban J connectivity index is 1.81. The largest absolute Gasteiger partial charge is 0.360 e. The lowest BCUT2D eigenvalue weighted by Crippen LogP contribution is -2.39. The minimum Gasteiger partial charge on any atom is -0.360 e. The highest BCUT2D eigenvalue weighted by Crippen LogP contribution is 2.35. The van der Waals surface area contributed by atoms with E-state index in [-0.39, 0.29) is 22.5 Å². The monoisotopic (exact) mass is 293 g/mol. The number of carbonyl (C=O) groups is 1. The van der Waals surface area contributed by atoms with E-state index < -0.39 is 0 Å². The zero-order valence-corrected chi connectivity index (χ0v) is 12.8. The van der Waals surface area contributed by atoms with Crippen molar-refractivity contribution < 1.29 is 4.79 Å². The molecule has 20 heavy (non-hydrogen) atoms. The van der Waals surface area contributed by atoms with E-state index in [4.69, 9.17) is 11.6 Å². The van der Waals surface area contributed by atoms with Crippen molar-refractivity contribution >= 4 is 23.2 Å². The first-order valence-corrected chi connectivity index (χ1v) is 7.67. The van der Waals surface area contributed by atoms with E-state index in [0.717, 1.165) is 49.2 Å². The number of carbonyl (C=O) groups excluding carboxylic acids is 1. The molecule has 0 amide bonds. The molecule has 0 radical (unpaired) electrons. The minimum absolute atomic E-state index is 0.126. The molecule has 0 spiro atoms. The van der Waals surface area contributed by atoms with E-state index in [0.29, 0.717) is 6.42 Å². The highest BCUT2D eigenvalue weighted by Gasteiger charge is 2.34. The second kappa shape index (κ2) is 4.99. The molecule has 0 aliphatic heterocycles. The normalized spacial score (nSPS) is 24.6. The molecule has 1 atom stereocenters. The molecule has 0 aromatic carbocycles. The van der Waals surface area contributed by atoms with Crippen molar-refractivity contribution in [3.63, 3.8) is 0 Å². The lowest BCUT2D eigenvalue weighted by molar-refractivity contribution is -0.123. The van der Waals surface area contributed by atoms with Gasteiger partial charge in [0.2, 0.25) is 5.28 Å². The Morgan fingerprint density at radius 1 is 1.30 bits per heavy atom. The average Bonchev–Trinajstić information content (AvgIpc) is 2.80. The van der Waals surface area contributed by atoms with Gasteiger partial charge in [0.15, 0.2) is 5.78 Å². The van der Waals surface area contributed by atoms with E-state index in [9.17, 15) is 4.79 Å². The van der Waals surface area contributed by atoms with Gasteiger partial charge in [-0.3, -0.25) is 4.79 Å². The molecule has 0 saturated heterocycles. The summed E-state index contributed by atoms with van der Waals surface area (Å²) in [5, 5.41) is 3.60. The summed E-state index contributed by atoms with van der Waals surface area (Å²) in [5.41, 5.74) is 2.31. The van der Waals surface area contributed by atoms with Crippen LogP contribution >= 0.6 is 11.6 Å². The molecular formula is C15H20ClN3O. The van der Waals surface area contributed by atoms with Crippen LogP contribution in [0.4, 0.5) is 5.82 Å². The molecule has 1 aromatic rings. The fraction of sp³-hybridized carbons (Fsp3) is 0.667. The quantitative estimate of drug-likeness (QED) is 0.851. The van der Waals surface area contributed by atoms with Crippen LogP contribution in [-0.4, -0.2) is 21.8 Å². The number of nitrogens with one attached hydrogen (secondary N) is 1. The van der Waals surface area contributed by atoms with E-state index in [2.05, 4.69) is 29.1 Å². The second-order valence-corrected chi connectivity index (χ2v) is 7.00. The van der Waals surface area contributed by atoms with Gasteiger partial charge in [-0.2, -0.15) is 0 Å². The molecule has 1 saturated carbocycles. The summed E-state index contributed by atoms with van der Waals surface area (Å²) in [6.45, 7) is 4.31. The molecule has 1 aromatic heterocycles. The third-order valence-corrected chi connectivity index (χ3v) is 4.54. The van der Waals surface area contributed by atoms with Crippen LogP contribution in [0.2, 0.25) is 5.28 Å². The number of halogens is 1. The second-order valence-electron chi connectivity index (χ2n) is 6.66. The van der Waals surface area contributed by atoms with E-state index in [1.807, 2.05) is 0 Å². The maximum Gasteiger partial charge on any atom is 0.224 e. The van der Waals surface area contributed by atoms with Gasteiger partial charge >= 0.3 is 0 Å². The van der Waals surface area contributed by atoms with Crippen molar-refractivity contribution in [3.05, 3.63) is 16.5 Å². The van der Waals surface area contributed by atoms with Crippen LogP contribution < -0.4 is 5.32 Å². The first-order chi connectivity index (χ1) is 9.44. The third kappa shape index (κ3) is 2.66. The number of nitrogens with zero attached hydrogens (tertiary/aromatic N) is 2. The first-order valence-electron chi connectivity index (χ1n) is 7.29. The maximum atomic E-state index is 12.3. The number of Topliss-reactive ketones (excluding diaryl/α,β-unsaturated/α-hetero) is 1. The molecule has 0 unspecified atom stereocenters. The number of aromatic nitrogens is 2. The summed E-state index contributed by atoms with van der Waals surface area (Å²) in [4.78, 5) is 20.8. The topological polar surface area (TPSA) is 54.9 Å². The lowest BCUT2D eigenvalue weighted by atomic mass is 9.75. The summed E-state index contributed by atoms with van der Waals surface area (Å²) >= 11 is 5.98. The number of anilines is 1. The SMILES string of the molecule is CC1(C)CC[C@@H](Nc2nc(Cl)nc3c2CCC3)C(=O)C1. The van der Waals surface area contributed by atoms with Crippen LogP contribution in [0.1, 0.15) is 50.8 Å². The van der Waals surface area contributed by atoms with Crippen molar-refractivity contribution in [3.8, 4) is 0 Å². The van der Waals surface area contributed by atoms with E-state index in [1.165, 1.54) is 0 Å². The van der Waals surface area contributed by atoms with Crippen LogP contribution in [-0.2, 0) is 17.6 Å². The molecule has 5 heteroatoms. The zero-order valence-electron chi connectivity index (χ0n) is 12.0. The predicted molar refractivity (Wildman–Crippen MR) is 79.1 cm³/mol. The van der Waals surface area contributed by atoms with Gasteiger partial charge < -0.3 is 5.32 Å². The van der Waals surface area contributed by atoms with Crippen LogP contribution in [0.5, 0.6) is 0 Å². The van der Waals surface area contributed by atoms with Crippen molar-refractivity contribution in [1.82, 2.24) is 9.97 Å². The molecule has 2 aliphatic rings. The van der Waals surface area contributed by atoms with Crippen LogP contribution in [0, 0.1) is 5.41 Å². The number of fused-ring (bicyclic) bond motifs is 1. The number of aryl methyl sites for hydroxylation is 1. The van der Waals surface area contributed by atoms with Crippen molar-refractivity contribution in [2.75, 3.05) is 5.32 Å². The lowest BCUT2D eigenvalue weighted by Gasteiger charge is -2.33. The molecule has 4 nitrogen and oxygen atoms in total.